The van der Waals surface area contributed by atoms with Crippen molar-refractivity contribution in [2.24, 2.45) is 0 Å². The first-order valence-corrected chi connectivity index (χ1v) is 17.2. The molecule has 6 aromatic carbocycles. The normalized spacial score (nSPS) is 11.4. The summed E-state index contributed by atoms with van der Waals surface area (Å²) in [6, 6.07) is 21.6. The van der Waals surface area contributed by atoms with E-state index in [1.54, 1.807) is 6.07 Å². The average Bonchev–Trinajstić information content (AvgIpc) is 3.59. The molecule has 0 amide bonds. The van der Waals surface area contributed by atoms with Gasteiger partial charge in [-0.25, -0.2) is 15.0 Å². The van der Waals surface area contributed by atoms with Crippen molar-refractivity contribution in [2.75, 3.05) is 0 Å². The lowest BCUT2D eigenvalue weighted by Crippen LogP contribution is -2.57. The van der Waals surface area contributed by atoms with E-state index in [1.165, 1.54) is 0 Å². The van der Waals surface area contributed by atoms with Crippen LogP contribution in [0.25, 0.3) is 78.4 Å². The number of aromatic nitrogens is 3. The fourth-order valence-corrected chi connectivity index (χ4v) is 7.00. The van der Waals surface area contributed by atoms with Crippen LogP contribution >= 0.6 is 0 Å². The quantitative estimate of drug-likeness (QED) is 0.169. The summed E-state index contributed by atoms with van der Waals surface area (Å²) in [5, 5.41) is 1.78. The van der Waals surface area contributed by atoms with Crippen LogP contribution in [0.4, 0.5) is 0 Å². The highest BCUT2D eigenvalue weighted by atomic mass is 16.3. The Morgan fingerprint density at radius 2 is 0.702 bits per heavy atom. The predicted molar refractivity (Wildman–Crippen MR) is 250 cm³/mol. The molecule has 2 heterocycles. The highest BCUT2D eigenvalue weighted by molar-refractivity contribution is 6.71. The molecule has 8 aromatic rings. The minimum atomic E-state index is -0.0909. The zero-order valence-corrected chi connectivity index (χ0v) is 30.2. The highest BCUT2D eigenvalue weighted by Crippen LogP contribution is 2.34. The van der Waals surface area contributed by atoms with Crippen LogP contribution in [0.2, 0.25) is 0 Å². The number of nitrogens with zero attached hydrogens (tertiary/aromatic N) is 3. The van der Waals surface area contributed by atoms with Crippen molar-refractivity contribution >= 4 is 208 Å². The van der Waals surface area contributed by atoms with Gasteiger partial charge in [0.2, 0.25) is 0 Å². The number of fused-ring (bicyclic) bond motifs is 3. The smallest absolute Gasteiger partial charge is 0.164 e. The Morgan fingerprint density at radius 3 is 1.21 bits per heavy atom. The van der Waals surface area contributed by atoms with Crippen molar-refractivity contribution in [1.82, 2.24) is 15.0 Å². The molecule has 230 valence electrons. The van der Waals surface area contributed by atoms with Crippen LogP contribution in [0.3, 0.4) is 0 Å². The SMILES string of the molecule is [B]c1c([B])c([B])c(-c2nc(-c3ccc4c(c3)oc3ccc(-c5ccccc5)cc34)nc(-c3c([B])c([B])c(-c4c([B])c([B])c([B])c([B])c4[B])c([B])c3[B])n2)c([B])c1[B]. The van der Waals surface area contributed by atoms with Crippen molar-refractivity contribution in [3.05, 3.63) is 66.7 Å². The molecule has 0 saturated carbocycles. The third-order valence-corrected chi connectivity index (χ3v) is 10.2. The van der Waals surface area contributed by atoms with Gasteiger partial charge in [-0.2, -0.15) is 0 Å². The zero-order valence-electron chi connectivity index (χ0n) is 30.2. The van der Waals surface area contributed by atoms with Crippen LogP contribution in [-0.4, -0.2) is 125 Å². The van der Waals surface area contributed by atoms with Crippen LogP contribution in [0, 0.1) is 0 Å². The predicted octanol–water partition coefficient (Wildman–Crippen LogP) is -6.78. The Balaban J connectivity index is 1.37. The minimum absolute atomic E-state index is 0.00104. The van der Waals surface area contributed by atoms with Crippen LogP contribution in [0.5, 0.6) is 0 Å². The van der Waals surface area contributed by atoms with E-state index >= 15 is 0 Å². The van der Waals surface area contributed by atoms with E-state index in [4.69, 9.17) is 129 Å². The molecule has 18 heteroatoms. The van der Waals surface area contributed by atoms with E-state index in [0.717, 1.165) is 21.9 Å². The van der Waals surface area contributed by atoms with Crippen molar-refractivity contribution < 1.29 is 4.42 Å². The molecular formula is C39H11B14N3O. The number of hydrogen-bond acceptors (Lipinski definition) is 4. The summed E-state index contributed by atoms with van der Waals surface area (Å²) < 4.78 is 6.31. The highest BCUT2D eigenvalue weighted by Gasteiger charge is 2.24. The van der Waals surface area contributed by atoms with E-state index in [1.807, 2.05) is 54.6 Å². The third kappa shape index (κ3) is 6.17. The summed E-state index contributed by atoms with van der Waals surface area (Å²) >= 11 is 0. The van der Waals surface area contributed by atoms with Gasteiger partial charge in [0.1, 0.15) is 121 Å². The second kappa shape index (κ2) is 14.5. The van der Waals surface area contributed by atoms with Gasteiger partial charge in [-0.1, -0.05) is 86.2 Å². The number of rotatable bonds is 5. The molecule has 0 N–H and O–H groups in total. The maximum atomic E-state index is 6.76. The molecule has 8 rings (SSSR count). The van der Waals surface area contributed by atoms with Crippen LogP contribution in [0.1, 0.15) is 0 Å². The third-order valence-electron chi connectivity index (χ3n) is 10.2. The van der Waals surface area contributed by atoms with Crippen molar-refractivity contribution in [3.63, 3.8) is 0 Å². The first-order valence-electron chi connectivity index (χ1n) is 17.2. The molecule has 0 aliphatic carbocycles. The lowest BCUT2D eigenvalue weighted by Gasteiger charge is -2.28. The summed E-state index contributed by atoms with van der Waals surface area (Å²) in [6.07, 6.45) is 0. The molecule has 57 heavy (non-hydrogen) atoms. The van der Waals surface area contributed by atoms with E-state index in [9.17, 15) is 0 Å². The lowest BCUT2D eigenvalue weighted by atomic mass is 9.56. The maximum absolute atomic E-state index is 6.76. The van der Waals surface area contributed by atoms with Gasteiger partial charge in [0.05, 0.1) is 0 Å². The Bertz CT molecular complexity index is 2940. The number of hydrogen-bond donors (Lipinski definition) is 0. The van der Waals surface area contributed by atoms with Gasteiger partial charge in [-0.15, -0.1) is 32.8 Å². The summed E-state index contributed by atoms with van der Waals surface area (Å²) in [6.45, 7) is 0. The number of furan rings is 1. The fraction of sp³-hybridized carbons (Fsp3) is 0. The standard InChI is InChI=1S/C39H11B14N3O/c40-23-19(20-25(42)31(48)35(52)32(49)26(20)43)24(41)28(45)21(27(23)44)38-54-37(55-39(56-38)22-29(46)33(50)36(53)34(51)30(22)47)14-6-8-15-16-10-13(12-4-2-1-3-5-12)7-9-17(16)57-18(15)11-14/h1-11H. The average molecular weight is 689 g/mol. The molecule has 0 aliphatic rings. The topological polar surface area (TPSA) is 51.8 Å². The van der Waals surface area contributed by atoms with Crippen LogP contribution in [0.15, 0.2) is 71.1 Å². The molecule has 0 aliphatic heterocycles. The van der Waals surface area contributed by atoms with Gasteiger partial charge in [-0.3, -0.25) is 0 Å². The Labute approximate surface area is 349 Å². The van der Waals surface area contributed by atoms with E-state index in [0.29, 0.717) is 16.7 Å². The van der Waals surface area contributed by atoms with Gasteiger partial charge in [-0.05, 0) is 46.5 Å². The van der Waals surface area contributed by atoms with Crippen molar-refractivity contribution in [2.45, 2.75) is 0 Å². The summed E-state index contributed by atoms with van der Waals surface area (Å²) in [4.78, 5) is 14.3. The summed E-state index contributed by atoms with van der Waals surface area (Å²) in [7, 11) is 89.6. The first-order chi connectivity index (χ1) is 27.1. The second-order valence-electron chi connectivity index (χ2n) is 13.5. The molecule has 0 spiro atoms. The van der Waals surface area contributed by atoms with Gasteiger partial charge in [0.25, 0.3) is 0 Å². The number of benzene rings is 6. The Kier molecular flexibility index (Phi) is 9.86. The van der Waals surface area contributed by atoms with Gasteiger partial charge >= 0.3 is 0 Å². The summed E-state index contributed by atoms with van der Waals surface area (Å²) in [5.41, 5.74) is 3.60. The van der Waals surface area contributed by atoms with Crippen molar-refractivity contribution in [3.8, 4) is 56.4 Å². The molecule has 28 radical (unpaired) electrons. The van der Waals surface area contributed by atoms with Crippen molar-refractivity contribution in [1.29, 1.82) is 0 Å². The van der Waals surface area contributed by atoms with E-state index < -0.39 is 0 Å². The molecule has 0 unspecified atom stereocenters. The van der Waals surface area contributed by atoms with E-state index in [-0.39, 0.29) is 116 Å². The summed E-state index contributed by atoms with van der Waals surface area (Å²) in [5.74, 6) is 0.00749. The maximum Gasteiger partial charge on any atom is 0.164 e. The van der Waals surface area contributed by atoms with Crippen LogP contribution in [-0.2, 0) is 0 Å². The molecule has 0 saturated heterocycles. The van der Waals surface area contributed by atoms with Gasteiger partial charge < -0.3 is 4.42 Å². The molecular weight excluding hydrogens is 678 g/mol. The zero-order chi connectivity index (χ0) is 40.8. The monoisotopic (exact) mass is 691 g/mol. The molecule has 4 nitrogen and oxygen atoms in total. The first kappa shape index (κ1) is 38.9. The van der Waals surface area contributed by atoms with Gasteiger partial charge in [0.15, 0.2) is 17.5 Å². The second-order valence-corrected chi connectivity index (χ2v) is 13.5. The largest absolute Gasteiger partial charge is 0.456 e. The molecule has 0 atom stereocenters. The molecule has 2 aromatic heterocycles. The van der Waals surface area contributed by atoms with E-state index in [2.05, 4.69) is 6.07 Å². The Morgan fingerprint density at radius 1 is 0.298 bits per heavy atom. The molecule has 0 fully saturated rings. The van der Waals surface area contributed by atoms with Crippen LogP contribution < -0.4 is 76.5 Å². The lowest BCUT2D eigenvalue weighted by molar-refractivity contribution is 0.669. The van der Waals surface area contributed by atoms with Gasteiger partial charge in [0, 0.05) is 27.5 Å². The minimum Gasteiger partial charge on any atom is -0.456 e. The Hall–Kier alpha value is -4.96. The fourth-order valence-electron chi connectivity index (χ4n) is 7.00. The molecule has 0 bridgehead atoms.